The molecule has 2 aromatic rings. The van der Waals surface area contributed by atoms with E-state index in [1.165, 1.54) is 17.0 Å². The minimum Gasteiger partial charge on any atom is -0.334 e. The first-order valence-corrected chi connectivity index (χ1v) is 7.83. The molecule has 1 aromatic carbocycles. The molecule has 0 aliphatic heterocycles. The first-order valence-electron chi connectivity index (χ1n) is 7.45. The molecule has 1 heterocycles. The number of amides is 2. The summed E-state index contributed by atoms with van der Waals surface area (Å²) < 4.78 is 13.1. The summed E-state index contributed by atoms with van der Waals surface area (Å²) in [4.78, 5) is 29.7. The molecule has 1 aromatic heterocycles. The Morgan fingerprint density at radius 1 is 1.25 bits per heavy atom. The third kappa shape index (κ3) is 4.76. The number of nitrogens with one attached hydrogen (secondary N) is 1. The average Bonchev–Trinajstić information content (AvgIpc) is 2.59. The Morgan fingerprint density at radius 2 is 1.96 bits per heavy atom. The minimum atomic E-state index is -0.783. The van der Waals surface area contributed by atoms with Gasteiger partial charge < -0.3 is 10.2 Å². The molecule has 0 atom stereocenters. The fraction of sp³-hybridized carbons (Fsp3) is 0.235. The highest BCUT2D eigenvalue weighted by atomic mass is 35.5. The Morgan fingerprint density at radius 3 is 2.58 bits per heavy atom. The molecule has 0 bridgehead atoms. The molecule has 2 amide bonds. The quantitative estimate of drug-likeness (QED) is 0.844. The summed E-state index contributed by atoms with van der Waals surface area (Å²) in [6, 6.07) is 7.45. The zero-order valence-corrected chi connectivity index (χ0v) is 13.9. The van der Waals surface area contributed by atoms with Crippen LogP contribution in [0.5, 0.6) is 0 Å². The Balaban J connectivity index is 1.96. The van der Waals surface area contributed by atoms with E-state index in [4.69, 9.17) is 11.6 Å². The molecular formula is C17H17ClFN3O2. The van der Waals surface area contributed by atoms with Gasteiger partial charge in [-0.1, -0.05) is 11.6 Å². The summed E-state index contributed by atoms with van der Waals surface area (Å²) in [5.74, 6) is -2.02. The number of hydrogen-bond donors (Lipinski definition) is 1. The van der Waals surface area contributed by atoms with Crippen molar-refractivity contribution < 1.29 is 14.0 Å². The van der Waals surface area contributed by atoms with E-state index in [9.17, 15) is 14.0 Å². The van der Waals surface area contributed by atoms with Crippen LogP contribution in [0.15, 0.2) is 42.7 Å². The summed E-state index contributed by atoms with van der Waals surface area (Å²) in [6.07, 6.45) is 3.98. The number of halogens is 2. The van der Waals surface area contributed by atoms with Gasteiger partial charge in [-0.25, -0.2) is 4.39 Å². The molecule has 5 nitrogen and oxygen atoms in total. The maximum Gasteiger partial charge on any atom is 0.313 e. The number of carbonyl (C=O) groups is 2. The van der Waals surface area contributed by atoms with E-state index in [-0.39, 0.29) is 10.7 Å². The van der Waals surface area contributed by atoms with Crippen LogP contribution in [0.3, 0.4) is 0 Å². The largest absolute Gasteiger partial charge is 0.334 e. The number of rotatable bonds is 5. The van der Waals surface area contributed by atoms with Gasteiger partial charge in [0.2, 0.25) is 0 Å². The predicted molar refractivity (Wildman–Crippen MR) is 90.2 cm³/mol. The second-order valence-electron chi connectivity index (χ2n) is 5.07. The standard InChI is InChI=1S/C17H17ClFN3O2/c1-2-22(10-7-12-5-8-20-9-6-12)17(24)16(23)21-13-3-4-15(19)14(18)11-13/h3-6,8-9,11H,2,7,10H2,1H3,(H,21,23). The van der Waals surface area contributed by atoms with Crippen LogP contribution in [-0.4, -0.2) is 34.8 Å². The molecule has 0 spiro atoms. The molecule has 0 fully saturated rings. The van der Waals surface area contributed by atoms with Crippen LogP contribution in [0.4, 0.5) is 10.1 Å². The van der Waals surface area contributed by atoms with Gasteiger partial charge in [0.1, 0.15) is 5.82 Å². The smallest absolute Gasteiger partial charge is 0.313 e. The van der Waals surface area contributed by atoms with Crippen molar-refractivity contribution in [2.75, 3.05) is 18.4 Å². The lowest BCUT2D eigenvalue weighted by Crippen LogP contribution is -2.40. The van der Waals surface area contributed by atoms with Crippen molar-refractivity contribution in [3.8, 4) is 0 Å². The lowest BCUT2D eigenvalue weighted by molar-refractivity contribution is -0.143. The molecule has 126 valence electrons. The molecule has 0 radical (unpaired) electrons. The van der Waals surface area contributed by atoms with Crippen molar-refractivity contribution in [2.45, 2.75) is 13.3 Å². The van der Waals surface area contributed by atoms with Crippen LogP contribution in [0.2, 0.25) is 5.02 Å². The van der Waals surface area contributed by atoms with Gasteiger partial charge in [0.25, 0.3) is 0 Å². The van der Waals surface area contributed by atoms with Crippen LogP contribution in [-0.2, 0) is 16.0 Å². The third-order valence-corrected chi connectivity index (χ3v) is 3.75. The zero-order valence-electron chi connectivity index (χ0n) is 13.1. The average molecular weight is 350 g/mol. The van der Waals surface area contributed by atoms with Gasteiger partial charge in [-0.2, -0.15) is 0 Å². The number of pyridine rings is 1. The van der Waals surface area contributed by atoms with Crippen molar-refractivity contribution >= 4 is 29.1 Å². The van der Waals surface area contributed by atoms with Gasteiger partial charge in [-0.05, 0) is 49.2 Å². The molecule has 1 N–H and O–H groups in total. The van der Waals surface area contributed by atoms with E-state index in [2.05, 4.69) is 10.3 Å². The Hall–Kier alpha value is -2.47. The number of anilines is 1. The van der Waals surface area contributed by atoms with Crippen LogP contribution in [0.25, 0.3) is 0 Å². The second kappa shape index (κ2) is 8.40. The topological polar surface area (TPSA) is 62.3 Å². The highest BCUT2D eigenvalue weighted by molar-refractivity contribution is 6.39. The van der Waals surface area contributed by atoms with E-state index in [1.54, 1.807) is 19.3 Å². The maximum absolute atomic E-state index is 13.1. The van der Waals surface area contributed by atoms with E-state index >= 15 is 0 Å². The SMILES string of the molecule is CCN(CCc1ccncc1)C(=O)C(=O)Nc1ccc(F)c(Cl)c1. The molecule has 0 aliphatic carbocycles. The Bertz CT molecular complexity index is 725. The van der Waals surface area contributed by atoms with Crippen LogP contribution in [0, 0.1) is 5.82 Å². The van der Waals surface area contributed by atoms with Crippen molar-refractivity contribution in [1.82, 2.24) is 9.88 Å². The van der Waals surface area contributed by atoms with Crippen LogP contribution < -0.4 is 5.32 Å². The predicted octanol–water partition coefficient (Wildman–Crippen LogP) is 2.90. The molecule has 0 saturated carbocycles. The van der Waals surface area contributed by atoms with Crippen LogP contribution >= 0.6 is 11.6 Å². The highest BCUT2D eigenvalue weighted by Crippen LogP contribution is 2.19. The fourth-order valence-corrected chi connectivity index (χ4v) is 2.30. The molecule has 0 aliphatic rings. The summed E-state index contributed by atoms with van der Waals surface area (Å²) >= 11 is 5.66. The van der Waals surface area contributed by atoms with Gasteiger partial charge in [0, 0.05) is 31.2 Å². The highest BCUT2D eigenvalue weighted by Gasteiger charge is 2.20. The van der Waals surface area contributed by atoms with Crippen molar-refractivity contribution in [3.63, 3.8) is 0 Å². The van der Waals surface area contributed by atoms with Crippen molar-refractivity contribution in [1.29, 1.82) is 0 Å². The molecule has 7 heteroatoms. The summed E-state index contributed by atoms with van der Waals surface area (Å²) in [5.41, 5.74) is 1.30. The number of likely N-dealkylation sites (N-methyl/N-ethyl adjacent to an activating group) is 1. The number of aromatic nitrogens is 1. The van der Waals surface area contributed by atoms with E-state index in [1.807, 2.05) is 12.1 Å². The van der Waals surface area contributed by atoms with Gasteiger partial charge in [0.15, 0.2) is 0 Å². The summed E-state index contributed by atoms with van der Waals surface area (Å²) in [6.45, 7) is 2.62. The fourth-order valence-electron chi connectivity index (χ4n) is 2.12. The van der Waals surface area contributed by atoms with E-state index in [0.717, 1.165) is 11.6 Å². The van der Waals surface area contributed by atoms with Gasteiger partial charge >= 0.3 is 11.8 Å². The van der Waals surface area contributed by atoms with Gasteiger partial charge in [-0.15, -0.1) is 0 Å². The summed E-state index contributed by atoms with van der Waals surface area (Å²) in [5, 5.41) is 2.31. The monoisotopic (exact) mass is 349 g/mol. The maximum atomic E-state index is 13.1. The second-order valence-corrected chi connectivity index (χ2v) is 5.48. The Kier molecular flexibility index (Phi) is 6.26. The molecule has 24 heavy (non-hydrogen) atoms. The minimum absolute atomic E-state index is 0.120. The lowest BCUT2D eigenvalue weighted by atomic mass is 10.2. The molecule has 0 saturated heterocycles. The van der Waals surface area contributed by atoms with Crippen molar-refractivity contribution in [3.05, 3.63) is 59.1 Å². The zero-order chi connectivity index (χ0) is 17.5. The van der Waals surface area contributed by atoms with Gasteiger partial charge in [-0.3, -0.25) is 14.6 Å². The van der Waals surface area contributed by atoms with Gasteiger partial charge in [0.05, 0.1) is 5.02 Å². The molecule has 2 rings (SSSR count). The normalized spacial score (nSPS) is 10.3. The van der Waals surface area contributed by atoms with E-state index < -0.39 is 17.6 Å². The number of nitrogens with zero attached hydrogens (tertiary/aromatic N) is 2. The number of benzene rings is 1. The van der Waals surface area contributed by atoms with Crippen LogP contribution in [0.1, 0.15) is 12.5 Å². The molecule has 0 unspecified atom stereocenters. The van der Waals surface area contributed by atoms with E-state index in [0.29, 0.717) is 19.5 Å². The Labute approximate surface area is 144 Å². The first kappa shape index (κ1) is 17.9. The first-order chi connectivity index (χ1) is 11.5. The lowest BCUT2D eigenvalue weighted by Gasteiger charge is -2.20. The van der Waals surface area contributed by atoms with Crippen molar-refractivity contribution in [2.24, 2.45) is 0 Å². The number of carbonyl (C=O) groups excluding carboxylic acids is 2. The number of hydrogen-bond acceptors (Lipinski definition) is 3. The molecular weight excluding hydrogens is 333 g/mol. The third-order valence-electron chi connectivity index (χ3n) is 3.46. The summed E-state index contributed by atoms with van der Waals surface area (Å²) in [7, 11) is 0.